The van der Waals surface area contributed by atoms with Gasteiger partial charge in [0, 0.05) is 11.8 Å². The second kappa shape index (κ2) is 6.90. The Morgan fingerprint density at radius 2 is 1.96 bits per heavy atom. The van der Waals surface area contributed by atoms with Crippen molar-refractivity contribution in [2.24, 2.45) is 0 Å². The molecule has 24 heavy (non-hydrogen) atoms. The minimum absolute atomic E-state index is 0.0563. The van der Waals surface area contributed by atoms with Crippen molar-refractivity contribution in [1.29, 1.82) is 0 Å². The van der Waals surface area contributed by atoms with Crippen LogP contribution in [0.3, 0.4) is 0 Å². The van der Waals surface area contributed by atoms with Crippen LogP contribution in [0.25, 0.3) is 5.69 Å². The van der Waals surface area contributed by atoms with Crippen molar-refractivity contribution >= 4 is 29.1 Å². The zero-order valence-corrected chi connectivity index (χ0v) is 13.8. The highest BCUT2D eigenvalue weighted by Gasteiger charge is 2.19. The fraction of sp³-hybridized carbons (Fsp3) is 0.0667. The quantitative estimate of drug-likeness (QED) is 0.426. The van der Waals surface area contributed by atoms with Crippen LogP contribution in [0.4, 0.5) is 5.69 Å². The van der Waals surface area contributed by atoms with Gasteiger partial charge in [0.05, 0.1) is 21.2 Å². The van der Waals surface area contributed by atoms with Crippen molar-refractivity contribution in [1.82, 2.24) is 14.8 Å². The fourth-order valence-corrected chi connectivity index (χ4v) is 3.50. The zero-order chi connectivity index (χ0) is 17.1. The molecule has 0 spiro atoms. The van der Waals surface area contributed by atoms with Crippen LogP contribution in [0.5, 0.6) is 0 Å². The highest BCUT2D eigenvalue weighted by Crippen LogP contribution is 2.32. The van der Waals surface area contributed by atoms with E-state index in [2.05, 4.69) is 10.2 Å². The van der Waals surface area contributed by atoms with Crippen LogP contribution in [0.2, 0.25) is 5.02 Å². The van der Waals surface area contributed by atoms with Gasteiger partial charge in [-0.2, -0.15) is 0 Å². The molecule has 0 unspecified atom stereocenters. The van der Waals surface area contributed by atoms with E-state index in [1.807, 2.05) is 18.2 Å². The number of halogens is 1. The van der Waals surface area contributed by atoms with Crippen LogP contribution < -0.4 is 5.69 Å². The van der Waals surface area contributed by atoms with Gasteiger partial charge in [0.1, 0.15) is 0 Å². The second-order valence-electron chi connectivity index (χ2n) is 4.77. The summed E-state index contributed by atoms with van der Waals surface area (Å²) in [5.41, 5.74) is 0.619. The number of nitrogens with one attached hydrogen (secondary N) is 1. The molecule has 7 nitrogen and oxygen atoms in total. The van der Waals surface area contributed by atoms with E-state index >= 15 is 0 Å². The molecule has 0 fully saturated rings. The van der Waals surface area contributed by atoms with Crippen LogP contribution in [0.15, 0.2) is 58.5 Å². The number of para-hydroxylation sites is 1. The number of aromatic nitrogens is 3. The number of benzene rings is 2. The summed E-state index contributed by atoms with van der Waals surface area (Å²) in [6.45, 7) is 0. The molecule has 2 aromatic carbocycles. The normalized spacial score (nSPS) is 10.7. The van der Waals surface area contributed by atoms with E-state index in [0.717, 1.165) is 0 Å². The maximum atomic E-state index is 12.0. The average molecular weight is 363 g/mol. The lowest BCUT2D eigenvalue weighted by Crippen LogP contribution is -2.15. The highest BCUT2D eigenvalue weighted by atomic mass is 35.5. The number of aromatic amines is 1. The van der Waals surface area contributed by atoms with Gasteiger partial charge in [-0.3, -0.25) is 10.1 Å². The zero-order valence-electron chi connectivity index (χ0n) is 12.2. The summed E-state index contributed by atoms with van der Waals surface area (Å²) in [6.07, 6.45) is 0. The van der Waals surface area contributed by atoms with Gasteiger partial charge in [-0.15, -0.1) is 5.10 Å². The Bertz CT molecular complexity index is 939. The van der Waals surface area contributed by atoms with Gasteiger partial charge >= 0.3 is 5.69 Å². The molecule has 3 aromatic rings. The lowest BCUT2D eigenvalue weighted by Gasteiger charge is -2.07. The van der Waals surface area contributed by atoms with Crippen LogP contribution in [0.1, 0.15) is 5.56 Å². The third-order valence-electron chi connectivity index (χ3n) is 3.29. The number of nitro groups is 1. The number of thioether (sulfide) groups is 1. The average Bonchev–Trinajstić information content (AvgIpc) is 2.95. The number of rotatable bonds is 5. The standard InChI is InChI=1S/C15H11ClN4O3S/c16-12-7-4-8-13(20(22)23)11(12)9-24-15-18-17-14(21)19(15)10-5-2-1-3-6-10/h1-8H,9H2,(H,17,21). The first-order valence-corrected chi connectivity index (χ1v) is 8.21. The SMILES string of the molecule is O=c1[nH]nc(SCc2c(Cl)cccc2[N+](=O)[O-])n1-c1ccccc1. The van der Waals surface area contributed by atoms with Crippen molar-refractivity contribution in [3.63, 3.8) is 0 Å². The summed E-state index contributed by atoms with van der Waals surface area (Å²) in [7, 11) is 0. The number of hydrogen-bond donors (Lipinski definition) is 1. The largest absolute Gasteiger partial charge is 0.348 e. The number of H-pyrrole nitrogens is 1. The first-order chi connectivity index (χ1) is 11.6. The molecule has 122 valence electrons. The summed E-state index contributed by atoms with van der Waals surface area (Å²) in [6, 6.07) is 13.5. The predicted octanol–water partition coefficient (Wildman–Crippen LogP) is 3.41. The lowest BCUT2D eigenvalue weighted by atomic mass is 10.2. The third kappa shape index (κ3) is 3.19. The summed E-state index contributed by atoms with van der Waals surface area (Å²) in [4.78, 5) is 22.7. The van der Waals surface area contributed by atoms with Gasteiger partial charge in [0.2, 0.25) is 0 Å². The molecule has 0 amide bonds. The first kappa shape index (κ1) is 16.3. The molecule has 0 bridgehead atoms. The van der Waals surface area contributed by atoms with Crippen LogP contribution in [0, 0.1) is 10.1 Å². The van der Waals surface area contributed by atoms with Gasteiger partial charge in [0.25, 0.3) is 5.69 Å². The number of nitro benzene ring substituents is 1. The Hall–Kier alpha value is -2.58. The maximum absolute atomic E-state index is 12.0. The molecule has 0 saturated carbocycles. The fourth-order valence-electron chi connectivity index (χ4n) is 2.18. The molecule has 0 radical (unpaired) electrons. The molecule has 0 aliphatic rings. The lowest BCUT2D eigenvalue weighted by molar-refractivity contribution is -0.385. The molecular formula is C15H11ClN4O3S. The smallest absolute Gasteiger partial charge is 0.258 e. The summed E-state index contributed by atoms with van der Waals surface area (Å²) in [5, 5.41) is 18.2. The molecule has 1 heterocycles. The van der Waals surface area contributed by atoms with Gasteiger partial charge in [-0.05, 0) is 18.2 Å². The summed E-state index contributed by atoms with van der Waals surface area (Å²) < 4.78 is 1.41. The summed E-state index contributed by atoms with van der Waals surface area (Å²) in [5.74, 6) is 0.215. The van der Waals surface area contributed by atoms with Gasteiger partial charge in [-0.1, -0.05) is 47.6 Å². The van der Waals surface area contributed by atoms with E-state index in [1.54, 1.807) is 18.2 Å². The Labute approximate surface area is 145 Å². The highest BCUT2D eigenvalue weighted by molar-refractivity contribution is 7.98. The molecule has 1 N–H and O–H groups in total. The van der Waals surface area contributed by atoms with Crippen LogP contribution >= 0.6 is 23.4 Å². The molecule has 9 heteroatoms. The van der Waals surface area contributed by atoms with Gasteiger partial charge in [0.15, 0.2) is 5.16 Å². The van der Waals surface area contributed by atoms with E-state index in [0.29, 0.717) is 21.4 Å². The maximum Gasteiger partial charge on any atom is 0.348 e. The molecule has 0 atom stereocenters. The minimum Gasteiger partial charge on any atom is -0.258 e. The third-order valence-corrected chi connectivity index (χ3v) is 4.61. The van der Waals surface area contributed by atoms with Crippen molar-refractivity contribution in [2.75, 3.05) is 0 Å². The molecule has 3 rings (SSSR count). The van der Waals surface area contributed by atoms with E-state index in [-0.39, 0.29) is 17.1 Å². The van der Waals surface area contributed by atoms with E-state index in [1.165, 1.54) is 28.5 Å². The first-order valence-electron chi connectivity index (χ1n) is 6.85. The Morgan fingerprint density at radius 3 is 2.67 bits per heavy atom. The van der Waals surface area contributed by atoms with Crippen molar-refractivity contribution in [3.05, 3.63) is 79.7 Å². The van der Waals surface area contributed by atoms with E-state index in [4.69, 9.17) is 11.6 Å². The number of hydrogen-bond acceptors (Lipinski definition) is 5. The molecular weight excluding hydrogens is 352 g/mol. The Balaban J connectivity index is 1.93. The second-order valence-corrected chi connectivity index (χ2v) is 6.12. The molecule has 0 aliphatic heterocycles. The summed E-state index contributed by atoms with van der Waals surface area (Å²) >= 11 is 7.28. The van der Waals surface area contributed by atoms with Gasteiger partial charge in [-0.25, -0.2) is 14.5 Å². The minimum atomic E-state index is -0.476. The van der Waals surface area contributed by atoms with Gasteiger partial charge < -0.3 is 0 Å². The van der Waals surface area contributed by atoms with E-state index < -0.39 is 4.92 Å². The monoisotopic (exact) mass is 362 g/mol. The van der Waals surface area contributed by atoms with E-state index in [9.17, 15) is 14.9 Å². The molecule has 1 aromatic heterocycles. The van der Waals surface area contributed by atoms with Crippen molar-refractivity contribution < 1.29 is 4.92 Å². The Morgan fingerprint density at radius 1 is 1.21 bits per heavy atom. The predicted molar refractivity (Wildman–Crippen MR) is 91.9 cm³/mol. The molecule has 0 aliphatic carbocycles. The number of nitrogens with zero attached hydrogens (tertiary/aromatic N) is 3. The topological polar surface area (TPSA) is 93.8 Å². The Kier molecular flexibility index (Phi) is 4.68. The van der Waals surface area contributed by atoms with Crippen molar-refractivity contribution in [3.8, 4) is 5.69 Å². The van der Waals surface area contributed by atoms with Crippen LogP contribution in [-0.2, 0) is 5.75 Å². The molecule has 0 saturated heterocycles. The van der Waals surface area contributed by atoms with Crippen molar-refractivity contribution in [2.45, 2.75) is 10.9 Å². The van der Waals surface area contributed by atoms with Crippen LogP contribution in [-0.4, -0.2) is 19.7 Å².